The van der Waals surface area contributed by atoms with Gasteiger partial charge in [-0.05, 0) is 0 Å². The predicted octanol–water partition coefficient (Wildman–Crippen LogP) is -1.31. The fraction of sp³-hybridized carbons (Fsp3) is 0.400. The number of aryl methyl sites for hydroxylation is 2. The zero-order valence-corrected chi connectivity index (χ0v) is 12.7. The van der Waals surface area contributed by atoms with Gasteiger partial charge in [-0.1, -0.05) is 26.7 Å². The third-order valence-corrected chi connectivity index (χ3v) is 1.71. The molecule has 0 spiro atoms. The van der Waals surface area contributed by atoms with Crippen molar-refractivity contribution in [3.63, 3.8) is 0 Å². The van der Waals surface area contributed by atoms with Crippen molar-refractivity contribution in [2.45, 2.75) is 26.7 Å². The zero-order valence-electron chi connectivity index (χ0n) is 9.84. The zero-order chi connectivity index (χ0) is 11.9. The quantitative estimate of drug-likeness (QED) is 0.348. The van der Waals surface area contributed by atoms with E-state index in [1.807, 2.05) is 6.07 Å². The first-order valence-electron chi connectivity index (χ1n) is 4.64. The molecule has 6 heteroatoms. The van der Waals surface area contributed by atoms with Crippen LogP contribution >= 0.6 is 7.82 Å². The van der Waals surface area contributed by atoms with E-state index in [0.29, 0.717) is 0 Å². The molecule has 0 atom stereocenters. The van der Waals surface area contributed by atoms with Crippen LogP contribution in [0.2, 0.25) is 0 Å². The summed E-state index contributed by atoms with van der Waals surface area (Å²) in [4.78, 5) is 21.6. The van der Waals surface area contributed by atoms with Gasteiger partial charge in [-0.3, -0.25) is 0 Å². The predicted molar refractivity (Wildman–Crippen MR) is 58.3 cm³/mol. The molecule has 0 radical (unpaired) electrons. The van der Waals surface area contributed by atoms with Gasteiger partial charge in [-0.2, -0.15) is 35.4 Å². The van der Waals surface area contributed by atoms with Crippen LogP contribution < -0.4 is 29.6 Å². The molecule has 4 nitrogen and oxygen atoms in total. The smallest absolute Gasteiger partial charge is 0.303 e. The second-order valence-electron chi connectivity index (χ2n) is 2.94. The van der Waals surface area contributed by atoms with Crippen molar-refractivity contribution >= 4 is 7.82 Å². The maximum Gasteiger partial charge on any atom is 1.00 e. The van der Waals surface area contributed by atoms with Gasteiger partial charge in [0.15, 0.2) is 0 Å². The van der Waals surface area contributed by atoms with Gasteiger partial charge in [0.05, 0.1) is 0 Å². The van der Waals surface area contributed by atoms with Gasteiger partial charge in [-0.15, -0.1) is 0 Å². The molecule has 0 unspecified atom stereocenters. The van der Waals surface area contributed by atoms with Crippen molar-refractivity contribution in [1.82, 2.24) is 0 Å². The van der Waals surface area contributed by atoms with Gasteiger partial charge in [0.2, 0.25) is 0 Å². The van der Waals surface area contributed by atoms with E-state index >= 15 is 0 Å². The van der Waals surface area contributed by atoms with Crippen LogP contribution in [0, 0.1) is 6.07 Å². The maximum absolute atomic E-state index is 8.88. The van der Waals surface area contributed by atoms with Crippen molar-refractivity contribution in [2.75, 3.05) is 0 Å². The molecular weight excluding hydrogens is 238 g/mol. The second-order valence-corrected chi connectivity index (χ2v) is 3.97. The van der Waals surface area contributed by atoms with Gasteiger partial charge in [0.25, 0.3) is 0 Å². The largest absolute Gasteiger partial charge is 1.00 e. The van der Waals surface area contributed by atoms with Crippen LogP contribution in [0.1, 0.15) is 25.0 Å². The van der Waals surface area contributed by atoms with Crippen molar-refractivity contribution in [2.24, 2.45) is 0 Å². The van der Waals surface area contributed by atoms with E-state index in [1.54, 1.807) is 0 Å². The molecule has 1 aromatic rings. The monoisotopic (exact) mass is 254 g/mol. The van der Waals surface area contributed by atoms with E-state index < -0.39 is 7.82 Å². The molecule has 0 bridgehead atoms. The maximum atomic E-state index is 8.88. The first kappa shape index (κ1) is 18.7. The number of hydrogen-bond acceptors (Lipinski definition) is 1. The Kier molecular flexibility index (Phi) is 10.9. The van der Waals surface area contributed by atoms with Crippen LogP contribution in [0.4, 0.5) is 0 Å². The minimum atomic E-state index is -4.64. The molecule has 0 aliphatic carbocycles. The van der Waals surface area contributed by atoms with Gasteiger partial charge in [0, 0.05) is 0 Å². The molecule has 0 saturated carbocycles. The van der Waals surface area contributed by atoms with Crippen molar-refractivity contribution in [1.29, 1.82) is 0 Å². The fourth-order valence-corrected chi connectivity index (χ4v) is 0.993. The molecule has 0 saturated heterocycles. The number of rotatable bonds is 2. The van der Waals surface area contributed by atoms with Crippen molar-refractivity contribution in [3.05, 3.63) is 35.4 Å². The molecule has 86 valence electrons. The molecule has 3 N–H and O–H groups in total. The summed E-state index contributed by atoms with van der Waals surface area (Å²) in [5.41, 5.74) is 2.73. The van der Waals surface area contributed by atoms with Crippen molar-refractivity contribution < 1.29 is 48.8 Å². The normalized spacial score (nSPS) is 9.81. The van der Waals surface area contributed by atoms with Crippen LogP contribution in [0.3, 0.4) is 0 Å². The molecule has 16 heavy (non-hydrogen) atoms. The fourth-order valence-electron chi connectivity index (χ4n) is 0.993. The Hall–Kier alpha value is 0.330. The Morgan fingerprint density at radius 3 is 2.12 bits per heavy atom. The third kappa shape index (κ3) is 12.4. The Morgan fingerprint density at radius 2 is 1.75 bits per heavy atom. The molecule has 1 aromatic carbocycles. The van der Waals surface area contributed by atoms with Crippen LogP contribution in [0.25, 0.3) is 0 Å². The molecule has 0 heterocycles. The summed E-state index contributed by atoms with van der Waals surface area (Å²) in [6.07, 6.45) is 2.22. The molecule has 0 aliphatic heterocycles. The molecule has 0 fully saturated rings. The summed E-state index contributed by atoms with van der Waals surface area (Å²) < 4.78 is 8.88. The Bertz CT molecular complexity index is 310. The SMILES string of the molecule is CCc1[c-]ccc(CC)c1.O=P(O)(O)O.[Na+]. The molecular formula is C10H16NaO4P. The van der Waals surface area contributed by atoms with E-state index in [-0.39, 0.29) is 29.6 Å². The van der Waals surface area contributed by atoms with E-state index in [2.05, 4.69) is 32.0 Å². The number of benzene rings is 1. The minimum absolute atomic E-state index is 0. The third-order valence-electron chi connectivity index (χ3n) is 1.71. The number of phosphoric acid groups is 1. The topological polar surface area (TPSA) is 77.8 Å². The second kappa shape index (κ2) is 9.37. The average Bonchev–Trinajstić information content (AvgIpc) is 2.15. The number of hydrogen-bond donors (Lipinski definition) is 3. The minimum Gasteiger partial charge on any atom is -0.303 e. The summed E-state index contributed by atoms with van der Waals surface area (Å²) in [6.45, 7) is 4.33. The Labute approximate surface area is 118 Å². The van der Waals surface area contributed by atoms with E-state index in [1.165, 1.54) is 11.1 Å². The van der Waals surface area contributed by atoms with Crippen LogP contribution in [-0.2, 0) is 17.4 Å². The summed E-state index contributed by atoms with van der Waals surface area (Å²) in [6, 6.07) is 9.55. The molecule has 0 aromatic heterocycles. The van der Waals surface area contributed by atoms with Gasteiger partial charge >= 0.3 is 37.4 Å². The summed E-state index contributed by atoms with van der Waals surface area (Å²) in [7, 11) is -4.64. The molecule has 0 amide bonds. The summed E-state index contributed by atoms with van der Waals surface area (Å²) >= 11 is 0. The summed E-state index contributed by atoms with van der Waals surface area (Å²) in [5, 5.41) is 0. The first-order chi connectivity index (χ1) is 6.86. The van der Waals surface area contributed by atoms with Crippen LogP contribution in [-0.4, -0.2) is 14.7 Å². The Morgan fingerprint density at radius 1 is 1.25 bits per heavy atom. The van der Waals surface area contributed by atoms with Gasteiger partial charge < -0.3 is 14.7 Å². The standard InChI is InChI=1S/C10H13.Na.H3O4P/c1-3-9-6-5-7-10(4-2)8-9;;1-5(2,3)4/h5-6,8H,3-4H2,1-2H3;;(H3,1,2,3,4)/q-1;+1;. The van der Waals surface area contributed by atoms with Crippen LogP contribution in [0.15, 0.2) is 18.2 Å². The molecule has 1 rings (SSSR count). The van der Waals surface area contributed by atoms with E-state index in [9.17, 15) is 0 Å². The Balaban J connectivity index is 0. The molecule has 0 aliphatic rings. The van der Waals surface area contributed by atoms with E-state index in [0.717, 1.165) is 12.8 Å². The van der Waals surface area contributed by atoms with Gasteiger partial charge in [0.1, 0.15) is 0 Å². The van der Waals surface area contributed by atoms with E-state index in [4.69, 9.17) is 19.2 Å². The van der Waals surface area contributed by atoms with Crippen molar-refractivity contribution in [3.8, 4) is 0 Å². The average molecular weight is 254 g/mol. The summed E-state index contributed by atoms with van der Waals surface area (Å²) in [5.74, 6) is 0. The van der Waals surface area contributed by atoms with Crippen LogP contribution in [0.5, 0.6) is 0 Å². The van der Waals surface area contributed by atoms with Gasteiger partial charge in [-0.25, -0.2) is 4.57 Å². The first-order valence-corrected chi connectivity index (χ1v) is 6.21.